The van der Waals surface area contributed by atoms with Crippen LogP contribution in [0.1, 0.15) is 52.4 Å². The minimum absolute atomic E-state index is 0.00482. The number of amidine groups is 1. The fourth-order valence-electron chi connectivity index (χ4n) is 3.22. The van der Waals surface area contributed by atoms with Crippen LogP contribution in [0.25, 0.3) is 0 Å². The first kappa shape index (κ1) is 16.8. The minimum atomic E-state index is -0.935. The Morgan fingerprint density at radius 3 is 2.45 bits per heavy atom. The predicted octanol–water partition coefficient (Wildman–Crippen LogP) is 1.30. The summed E-state index contributed by atoms with van der Waals surface area (Å²) in [6.07, 6.45) is 4.38. The van der Waals surface area contributed by atoms with Gasteiger partial charge in [0.2, 0.25) is 5.91 Å². The third kappa shape index (κ3) is 3.06. The topological polar surface area (TPSA) is 99.2 Å². The van der Waals surface area contributed by atoms with E-state index in [1.165, 1.54) is 0 Å². The highest BCUT2D eigenvalue weighted by Gasteiger charge is 2.46. The zero-order valence-corrected chi connectivity index (χ0v) is 12.5. The first-order chi connectivity index (χ1) is 9.57. The number of oxime groups is 1. The molecule has 1 rings (SSSR count). The molecule has 0 bridgehead atoms. The highest BCUT2D eigenvalue weighted by Crippen LogP contribution is 2.35. The van der Waals surface area contributed by atoms with Crippen LogP contribution >= 0.6 is 0 Å². The fraction of sp³-hybridized carbons (Fsp3) is 0.857. The molecule has 0 aliphatic carbocycles. The molecule has 1 heterocycles. The van der Waals surface area contributed by atoms with Crippen molar-refractivity contribution in [3.05, 3.63) is 0 Å². The number of amides is 1. The van der Waals surface area contributed by atoms with Gasteiger partial charge in [-0.1, -0.05) is 31.8 Å². The Bertz CT molecular complexity index is 352. The predicted molar refractivity (Wildman–Crippen MR) is 77.5 cm³/mol. The van der Waals surface area contributed by atoms with Gasteiger partial charge in [0.25, 0.3) is 0 Å². The van der Waals surface area contributed by atoms with Gasteiger partial charge in [-0.25, -0.2) is 0 Å². The van der Waals surface area contributed by atoms with Gasteiger partial charge in [0.1, 0.15) is 5.41 Å². The van der Waals surface area contributed by atoms with Crippen molar-refractivity contribution in [2.45, 2.75) is 58.4 Å². The van der Waals surface area contributed by atoms with Gasteiger partial charge in [-0.05, 0) is 25.7 Å². The molecule has 1 aliphatic rings. The van der Waals surface area contributed by atoms with Gasteiger partial charge in [-0.15, -0.1) is 0 Å². The Balaban J connectivity index is 3.11. The molecule has 1 atom stereocenters. The van der Waals surface area contributed by atoms with E-state index in [0.717, 1.165) is 25.7 Å². The number of likely N-dealkylation sites (tertiary alicyclic amines) is 1. The number of aliphatic hydroxyl groups excluding tert-OH is 1. The smallest absolute Gasteiger partial charge is 0.236 e. The van der Waals surface area contributed by atoms with Crippen LogP contribution in [0, 0.1) is 5.41 Å². The number of rotatable bonds is 7. The van der Waals surface area contributed by atoms with Gasteiger partial charge in [0.05, 0.1) is 12.6 Å². The lowest BCUT2D eigenvalue weighted by Gasteiger charge is -2.36. The van der Waals surface area contributed by atoms with Gasteiger partial charge >= 0.3 is 0 Å². The second-order valence-corrected chi connectivity index (χ2v) is 5.54. The summed E-state index contributed by atoms with van der Waals surface area (Å²) in [5.41, 5.74) is 4.94. The van der Waals surface area contributed by atoms with Gasteiger partial charge < -0.3 is 20.9 Å². The van der Waals surface area contributed by atoms with Crippen LogP contribution in [0.4, 0.5) is 0 Å². The lowest BCUT2D eigenvalue weighted by Crippen LogP contribution is -2.53. The molecule has 4 N–H and O–H groups in total. The molecule has 1 saturated heterocycles. The van der Waals surface area contributed by atoms with Crippen LogP contribution < -0.4 is 5.73 Å². The molecule has 116 valence electrons. The third-order valence-corrected chi connectivity index (χ3v) is 4.21. The zero-order valence-electron chi connectivity index (χ0n) is 12.5. The van der Waals surface area contributed by atoms with Crippen LogP contribution in [0.2, 0.25) is 0 Å². The monoisotopic (exact) mass is 285 g/mol. The van der Waals surface area contributed by atoms with E-state index < -0.39 is 5.41 Å². The SMILES string of the molecule is CCCC(CCC)(C(=O)N1CCCC1CO)C(N)=NO. The summed E-state index contributed by atoms with van der Waals surface area (Å²) in [4.78, 5) is 14.7. The first-order valence-corrected chi connectivity index (χ1v) is 7.47. The molecule has 1 aliphatic heterocycles. The van der Waals surface area contributed by atoms with Gasteiger partial charge in [0, 0.05) is 6.54 Å². The maximum Gasteiger partial charge on any atom is 0.236 e. The Morgan fingerprint density at radius 2 is 2.00 bits per heavy atom. The van der Waals surface area contributed by atoms with Crippen molar-refractivity contribution in [2.24, 2.45) is 16.3 Å². The quantitative estimate of drug-likeness (QED) is 0.284. The van der Waals surface area contributed by atoms with Gasteiger partial charge in [-0.3, -0.25) is 4.79 Å². The molecule has 0 aromatic rings. The zero-order chi connectivity index (χ0) is 15.2. The summed E-state index contributed by atoms with van der Waals surface area (Å²) in [5, 5.41) is 21.6. The number of nitrogens with zero attached hydrogens (tertiary/aromatic N) is 2. The van der Waals surface area contributed by atoms with Crippen molar-refractivity contribution in [3.8, 4) is 0 Å². The second-order valence-electron chi connectivity index (χ2n) is 5.54. The lowest BCUT2D eigenvalue weighted by molar-refractivity contribution is -0.140. The number of carbonyl (C=O) groups excluding carboxylic acids is 1. The van der Waals surface area contributed by atoms with E-state index >= 15 is 0 Å². The molecule has 0 saturated carbocycles. The molecule has 0 spiro atoms. The summed E-state index contributed by atoms with van der Waals surface area (Å²) < 4.78 is 0. The average Bonchev–Trinajstić information content (AvgIpc) is 2.93. The average molecular weight is 285 g/mol. The number of aliphatic hydroxyl groups is 1. The molecular formula is C14H27N3O3. The fourth-order valence-corrected chi connectivity index (χ4v) is 3.22. The molecule has 1 unspecified atom stereocenters. The van der Waals surface area contributed by atoms with E-state index in [2.05, 4.69) is 5.16 Å². The summed E-state index contributed by atoms with van der Waals surface area (Å²) in [6, 6.07) is -0.137. The summed E-state index contributed by atoms with van der Waals surface area (Å²) in [6.45, 7) is 4.57. The van der Waals surface area contributed by atoms with Crippen molar-refractivity contribution in [3.63, 3.8) is 0 Å². The van der Waals surface area contributed by atoms with Crippen LogP contribution in [0.3, 0.4) is 0 Å². The molecule has 20 heavy (non-hydrogen) atoms. The summed E-state index contributed by atoms with van der Waals surface area (Å²) in [5.74, 6) is -0.108. The largest absolute Gasteiger partial charge is 0.409 e. The van der Waals surface area contributed by atoms with Crippen LogP contribution in [-0.4, -0.2) is 46.1 Å². The van der Waals surface area contributed by atoms with Crippen molar-refractivity contribution in [2.75, 3.05) is 13.2 Å². The second kappa shape index (κ2) is 7.47. The maximum absolute atomic E-state index is 13.0. The molecule has 6 heteroatoms. The Morgan fingerprint density at radius 1 is 1.40 bits per heavy atom. The molecular weight excluding hydrogens is 258 g/mol. The van der Waals surface area contributed by atoms with E-state index in [-0.39, 0.29) is 24.4 Å². The van der Waals surface area contributed by atoms with E-state index in [1.807, 2.05) is 13.8 Å². The molecule has 1 amide bonds. The molecule has 0 aromatic carbocycles. The van der Waals surface area contributed by atoms with Crippen LogP contribution in [0.15, 0.2) is 5.16 Å². The van der Waals surface area contributed by atoms with Crippen LogP contribution in [0.5, 0.6) is 0 Å². The summed E-state index contributed by atoms with van der Waals surface area (Å²) in [7, 11) is 0. The molecule has 1 fully saturated rings. The van der Waals surface area contributed by atoms with Crippen molar-refractivity contribution >= 4 is 11.7 Å². The Kier molecular flexibility index (Phi) is 6.26. The number of nitrogens with two attached hydrogens (primary N) is 1. The Hall–Kier alpha value is -1.30. The number of hydrogen-bond donors (Lipinski definition) is 3. The standard InChI is InChI=1S/C14H27N3O3/c1-3-7-14(8-4-2,12(15)16-20)13(19)17-9-5-6-11(17)10-18/h11,18,20H,3-10H2,1-2H3,(H2,15,16). The van der Waals surface area contributed by atoms with Crippen molar-refractivity contribution in [1.29, 1.82) is 0 Å². The highest BCUT2D eigenvalue weighted by atomic mass is 16.4. The minimum Gasteiger partial charge on any atom is -0.409 e. The lowest BCUT2D eigenvalue weighted by atomic mass is 9.76. The molecule has 0 radical (unpaired) electrons. The highest BCUT2D eigenvalue weighted by molar-refractivity contribution is 6.06. The third-order valence-electron chi connectivity index (χ3n) is 4.21. The van der Waals surface area contributed by atoms with Crippen LogP contribution in [-0.2, 0) is 4.79 Å². The summed E-state index contributed by atoms with van der Waals surface area (Å²) >= 11 is 0. The normalized spacial score (nSPS) is 20.4. The Labute approximate surface area is 120 Å². The number of carbonyl (C=O) groups is 1. The van der Waals surface area contributed by atoms with Gasteiger partial charge in [0.15, 0.2) is 5.84 Å². The van der Waals surface area contributed by atoms with E-state index in [0.29, 0.717) is 19.4 Å². The maximum atomic E-state index is 13.0. The first-order valence-electron chi connectivity index (χ1n) is 7.47. The van der Waals surface area contributed by atoms with Crippen molar-refractivity contribution < 1.29 is 15.1 Å². The van der Waals surface area contributed by atoms with Gasteiger partial charge in [-0.2, -0.15) is 0 Å². The molecule has 0 aromatic heterocycles. The van der Waals surface area contributed by atoms with E-state index in [4.69, 9.17) is 10.9 Å². The van der Waals surface area contributed by atoms with E-state index in [9.17, 15) is 9.90 Å². The van der Waals surface area contributed by atoms with E-state index in [1.54, 1.807) is 4.90 Å². The molecule has 6 nitrogen and oxygen atoms in total. The van der Waals surface area contributed by atoms with Crippen molar-refractivity contribution in [1.82, 2.24) is 4.90 Å². The number of hydrogen-bond acceptors (Lipinski definition) is 4.